The Bertz CT molecular complexity index is 585. The first-order chi connectivity index (χ1) is 9.65. The van der Waals surface area contributed by atoms with Crippen LogP contribution in [0.5, 0.6) is 0 Å². The van der Waals surface area contributed by atoms with E-state index >= 15 is 0 Å². The van der Waals surface area contributed by atoms with Crippen molar-refractivity contribution in [2.24, 2.45) is 5.92 Å². The number of rotatable bonds is 2. The summed E-state index contributed by atoms with van der Waals surface area (Å²) < 4.78 is 1.48. The lowest BCUT2D eigenvalue weighted by Crippen LogP contribution is -2.43. The molecule has 0 bridgehead atoms. The highest BCUT2D eigenvalue weighted by molar-refractivity contribution is 6.28. The second kappa shape index (κ2) is 5.32. The largest absolute Gasteiger partial charge is 0.338 e. The van der Waals surface area contributed by atoms with Crippen LogP contribution in [0.15, 0.2) is 12.7 Å². The number of anilines is 1. The normalized spacial score (nSPS) is 23.1. The van der Waals surface area contributed by atoms with E-state index in [2.05, 4.69) is 43.8 Å². The average Bonchev–Trinajstić information content (AvgIpc) is 2.95. The zero-order valence-corrected chi connectivity index (χ0v) is 12.2. The van der Waals surface area contributed by atoms with Crippen molar-refractivity contribution in [3.8, 4) is 5.95 Å². The lowest BCUT2D eigenvalue weighted by molar-refractivity contribution is 0.359. The molecule has 2 aromatic rings. The predicted octanol–water partition coefficient (Wildman–Crippen LogP) is 1.73. The Hall–Kier alpha value is -1.76. The van der Waals surface area contributed by atoms with Crippen LogP contribution >= 0.6 is 11.6 Å². The van der Waals surface area contributed by atoms with Crippen LogP contribution in [-0.2, 0) is 0 Å². The van der Waals surface area contributed by atoms with Crippen molar-refractivity contribution >= 4 is 17.5 Å². The quantitative estimate of drug-likeness (QED) is 0.839. The van der Waals surface area contributed by atoms with Gasteiger partial charge in [0, 0.05) is 12.6 Å². The van der Waals surface area contributed by atoms with Crippen LogP contribution in [0.2, 0.25) is 5.28 Å². The Morgan fingerprint density at radius 2 is 2.00 bits per heavy atom. The van der Waals surface area contributed by atoms with Gasteiger partial charge >= 0.3 is 0 Å². The summed E-state index contributed by atoms with van der Waals surface area (Å²) >= 11 is 6.02. The summed E-state index contributed by atoms with van der Waals surface area (Å²) in [5.41, 5.74) is 0. The molecule has 0 saturated carbocycles. The first-order valence-corrected chi connectivity index (χ1v) is 7.06. The molecule has 0 spiro atoms. The maximum Gasteiger partial charge on any atom is 0.258 e. The smallest absolute Gasteiger partial charge is 0.258 e. The molecule has 0 amide bonds. The fraction of sp³-hybridized carbons (Fsp3) is 0.583. The fourth-order valence-corrected chi connectivity index (χ4v) is 2.64. The van der Waals surface area contributed by atoms with Gasteiger partial charge in [-0.3, -0.25) is 0 Å². The maximum atomic E-state index is 6.02. The number of hydrogen-bond acceptors (Lipinski definition) is 6. The summed E-state index contributed by atoms with van der Waals surface area (Å²) in [6, 6.07) is 0.380. The molecule has 2 aromatic heterocycles. The molecule has 20 heavy (non-hydrogen) atoms. The molecule has 2 unspecified atom stereocenters. The molecule has 106 valence electrons. The zero-order chi connectivity index (χ0) is 14.1. The molecule has 3 heterocycles. The van der Waals surface area contributed by atoms with E-state index < -0.39 is 0 Å². The van der Waals surface area contributed by atoms with Crippen molar-refractivity contribution in [2.75, 3.05) is 11.4 Å². The van der Waals surface area contributed by atoms with Crippen LogP contribution < -0.4 is 4.90 Å². The van der Waals surface area contributed by atoms with Gasteiger partial charge in [-0.2, -0.15) is 24.7 Å². The van der Waals surface area contributed by atoms with Crippen LogP contribution in [0.4, 0.5) is 5.95 Å². The SMILES string of the molecule is CC1CCCN(c2nc(Cl)nc(-n3cncn3)n2)C1C. The maximum absolute atomic E-state index is 6.02. The van der Waals surface area contributed by atoms with E-state index in [0.717, 1.165) is 13.0 Å². The van der Waals surface area contributed by atoms with Gasteiger partial charge in [-0.15, -0.1) is 0 Å². The van der Waals surface area contributed by atoms with Gasteiger partial charge in [-0.25, -0.2) is 4.98 Å². The van der Waals surface area contributed by atoms with Gasteiger partial charge in [0.2, 0.25) is 11.2 Å². The second-order valence-electron chi connectivity index (χ2n) is 5.10. The standard InChI is InChI=1S/C12H16ClN7/c1-8-4-3-5-19(9(8)2)11-16-10(13)17-12(18-11)20-7-14-6-15-20/h6-9H,3-5H2,1-2H3. The number of aromatic nitrogens is 6. The van der Waals surface area contributed by atoms with Crippen molar-refractivity contribution in [3.63, 3.8) is 0 Å². The van der Waals surface area contributed by atoms with Crippen molar-refractivity contribution < 1.29 is 0 Å². The Balaban J connectivity index is 1.97. The first-order valence-electron chi connectivity index (χ1n) is 6.68. The highest BCUT2D eigenvalue weighted by Crippen LogP contribution is 2.26. The van der Waals surface area contributed by atoms with Gasteiger partial charge in [-0.05, 0) is 37.3 Å². The van der Waals surface area contributed by atoms with E-state index in [-0.39, 0.29) is 5.28 Å². The van der Waals surface area contributed by atoms with Crippen molar-refractivity contribution in [1.82, 2.24) is 29.7 Å². The molecule has 3 rings (SSSR count). The molecule has 1 aliphatic heterocycles. The van der Waals surface area contributed by atoms with E-state index in [4.69, 9.17) is 11.6 Å². The van der Waals surface area contributed by atoms with Crippen LogP contribution in [0.1, 0.15) is 26.7 Å². The Morgan fingerprint density at radius 3 is 2.75 bits per heavy atom. The van der Waals surface area contributed by atoms with E-state index in [0.29, 0.717) is 23.9 Å². The first kappa shape index (κ1) is 13.2. The van der Waals surface area contributed by atoms with Crippen molar-refractivity contribution in [1.29, 1.82) is 0 Å². The van der Waals surface area contributed by atoms with E-state index in [1.54, 1.807) is 0 Å². The third-order valence-corrected chi connectivity index (χ3v) is 4.01. The highest BCUT2D eigenvalue weighted by atomic mass is 35.5. The lowest BCUT2D eigenvalue weighted by atomic mass is 9.92. The fourth-order valence-electron chi connectivity index (χ4n) is 2.49. The van der Waals surface area contributed by atoms with Gasteiger partial charge in [0.1, 0.15) is 12.7 Å². The molecular formula is C12H16ClN7. The highest BCUT2D eigenvalue weighted by Gasteiger charge is 2.27. The van der Waals surface area contributed by atoms with E-state index in [1.165, 1.54) is 23.8 Å². The average molecular weight is 294 g/mol. The van der Waals surface area contributed by atoms with Gasteiger partial charge in [0.05, 0.1) is 0 Å². The number of nitrogens with zero attached hydrogens (tertiary/aromatic N) is 7. The number of hydrogen-bond donors (Lipinski definition) is 0. The summed E-state index contributed by atoms with van der Waals surface area (Å²) in [4.78, 5) is 18.9. The third-order valence-electron chi connectivity index (χ3n) is 3.84. The molecule has 1 aliphatic rings. The lowest BCUT2D eigenvalue weighted by Gasteiger charge is -2.37. The third kappa shape index (κ3) is 2.45. The molecule has 1 fully saturated rings. The summed E-state index contributed by atoms with van der Waals surface area (Å²) in [7, 11) is 0. The minimum Gasteiger partial charge on any atom is -0.338 e. The van der Waals surface area contributed by atoms with Crippen LogP contribution in [-0.4, -0.2) is 42.3 Å². The summed E-state index contributed by atoms with van der Waals surface area (Å²) in [6.07, 6.45) is 5.33. The monoisotopic (exact) mass is 293 g/mol. The van der Waals surface area contributed by atoms with Gasteiger partial charge in [0.15, 0.2) is 0 Å². The second-order valence-corrected chi connectivity index (χ2v) is 5.44. The van der Waals surface area contributed by atoms with E-state index in [1.807, 2.05) is 0 Å². The van der Waals surface area contributed by atoms with Crippen molar-refractivity contribution in [3.05, 3.63) is 17.9 Å². The molecule has 0 aromatic carbocycles. The summed E-state index contributed by atoms with van der Waals surface area (Å²) in [5, 5.41) is 4.20. The molecule has 1 saturated heterocycles. The van der Waals surface area contributed by atoms with E-state index in [9.17, 15) is 0 Å². The van der Waals surface area contributed by atoms with Gasteiger partial charge in [-0.1, -0.05) is 6.92 Å². The molecule has 7 nitrogen and oxygen atoms in total. The number of halogens is 1. The molecular weight excluding hydrogens is 278 g/mol. The Morgan fingerprint density at radius 1 is 1.20 bits per heavy atom. The van der Waals surface area contributed by atoms with Crippen LogP contribution in [0.3, 0.4) is 0 Å². The molecule has 2 atom stereocenters. The number of piperidine rings is 1. The molecule has 0 N–H and O–H groups in total. The minimum absolute atomic E-state index is 0.172. The Labute approximate surface area is 122 Å². The van der Waals surface area contributed by atoms with Gasteiger partial charge < -0.3 is 4.90 Å². The zero-order valence-electron chi connectivity index (χ0n) is 11.4. The predicted molar refractivity (Wildman–Crippen MR) is 75.0 cm³/mol. The molecule has 0 radical (unpaired) electrons. The van der Waals surface area contributed by atoms with Gasteiger partial charge in [0.25, 0.3) is 5.95 Å². The topological polar surface area (TPSA) is 72.6 Å². The molecule has 8 heteroatoms. The van der Waals surface area contributed by atoms with Crippen LogP contribution in [0, 0.1) is 5.92 Å². The molecule has 0 aliphatic carbocycles. The Kier molecular flexibility index (Phi) is 3.52. The summed E-state index contributed by atoms with van der Waals surface area (Å²) in [6.45, 7) is 5.37. The minimum atomic E-state index is 0.172. The van der Waals surface area contributed by atoms with Crippen LogP contribution in [0.25, 0.3) is 5.95 Å². The van der Waals surface area contributed by atoms with Crippen molar-refractivity contribution in [2.45, 2.75) is 32.7 Å². The summed E-state index contributed by atoms with van der Waals surface area (Å²) in [5.74, 6) is 1.60.